The topological polar surface area (TPSA) is 39.2 Å². The molecular weight excluding hydrogens is 202 g/mol. The Kier molecular flexibility index (Phi) is 4.05. The largest absolute Gasteiger partial charge is 0.381 e. The predicted octanol–water partition coefficient (Wildman–Crippen LogP) is 2.01. The van der Waals surface area contributed by atoms with Gasteiger partial charge < -0.3 is 4.74 Å². The standard InChI is InChI=1S/C13H17NO2/c15-13(8-11-3-6-16-7-4-11)9-12-2-1-5-14-10-12/h1-2,5,10-11H,3-4,6-9H2. The smallest absolute Gasteiger partial charge is 0.137 e. The molecule has 1 saturated heterocycles. The van der Waals surface area contributed by atoms with Crippen molar-refractivity contribution in [1.82, 2.24) is 4.98 Å². The van der Waals surface area contributed by atoms with Gasteiger partial charge in [-0.25, -0.2) is 0 Å². The van der Waals surface area contributed by atoms with E-state index in [9.17, 15) is 4.79 Å². The maximum atomic E-state index is 11.8. The molecule has 3 nitrogen and oxygen atoms in total. The van der Waals surface area contributed by atoms with Gasteiger partial charge >= 0.3 is 0 Å². The molecule has 1 aliphatic rings. The lowest BCUT2D eigenvalue weighted by Gasteiger charge is -2.21. The first-order valence-electron chi connectivity index (χ1n) is 5.83. The molecule has 16 heavy (non-hydrogen) atoms. The number of pyridine rings is 1. The summed E-state index contributed by atoms with van der Waals surface area (Å²) in [5, 5.41) is 0. The molecule has 1 fully saturated rings. The van der Waals surface area contributed by atoms with Crippen LogP contribution in [0.5, 0.6) is 0 Å². The summed E-state index contributed by atoms with van der Waals surface area (Å²) in [5.41, 5.74) is 1.01. The number of hydrogen-bond acceptors (Lipinski definition) is 3. The van der Waals surface area contributed by atoms with Gasteiger partial charge in [0.05, 0.1) is 0 Å². The SMILES string of the molecule is O=C(Cc1cccnc1)CC1CCOCC1. The second kappa shape index (κ2) is 5.75. The van der Waals surface area contributed by atoms with Crippen molar-refractivity contribution in [3.05, 3.63) is 30.1 Å². The number of hydrogen-bond donors (Lipinski definition) is 0. The van der Waals surface area contributed by atoms with Crippen LogP contribution in [0.4, 0.5) is 0 Å². The average molecular weight is 219 g/mol. The van der Waals surface area contributed by atoms with Gasteiger partial charge in [0, 0.05) is 38.4 Å². The molecule has 0 bridgehead atoms. The van der Waals surface area contributed by atoms with Crippen LogP contribution in [-0.4, -0.2) is 24.0 Å². The Morgan fingerprint density at radius 2 is 2.25 bits per heavy atom. The van der Waals surface area contributed by atoms with Crippen LogP contribution >= 0.6 is 0 Å². The highest BCUT2D eigenvalue weighted by molar-refractivity contribution is 5.80. The first kappa shape index (κ1) is 11.3. The molecule has 0 unspecified atom stereocenters. The van der Waals surface area contributed by atoms with E-state index < -0.39 is 0 Å². The fraction of sp³-hybridized carbons (Fsp3) is 0.538. The number of carbonyl (C=O) groups is 1. The van der Waals surface area contributed by atoms with E-state index in [1.165, 1.54) is 0 Å². The second-order valence-corrected chi connectivity index (χ2v) is 4.34. The summed E-state index contributed by atoms with van der Waals surface area (Å²) in [6, 6.07) is 3.83. The van der Waals surface area contributed by atoms with Gasteiger partial charge in [0.1, 0.15) is 5.78 Å². The lowest BCUT2D eigenvalue weighted by atomic mass is 9.92. The Hall–Kier alpha value is -1.22. The molecule has 0 atom stereocenters. The summed E-state index contributed by atoms with van der Waals surface area (Å²) in [7, 11) is 0. The zero-order chi connectivity index (χ0) is 11.2. The molecule has 3 heteroatoms. The van der Waals surface area contributed by atoms with Crippen molar-refractivity contribution in [1.29, 1.82) is 0 Å². The highest BCUT2D eigenvalue weighted by atomic mass is 16.5. The molecule has 0 amide bonds. The minimum absolute atomic E-state index is 0.319. The number of ketones is 1. The zero-order valence-corrected chi connectivity index (χ0v) is 9.39. The van der Waals surface area contributed by atoms with E-state index in [1.54, 1.807) is 12.4 Å². The zero-order valence-electron chi connectivity index (χ0n) is 9.39. The van der Waals surface area contributed by atoms with E-state index in [2.05, 4.69) is 4.98 Å². The first-order chi connectivity index (χ1) is 7.84. The van der Waals surface area contributed by atoms with Gasteiger partial charge in [0.25, 0.3) is 0 Å². The summed E-state index contributed by atoms with van der Waals surface area (Å²) in [5.74, 6) is 0.845. The van der Waals surface area contributed by atoms with Crippen molar-refractivity contribution >= 4 is 5.78 Å². The Bertz CT molecular complexity index is 331. The van der Waals surface area contributed by atoms with Gasteiger partial charge in [0.15, 0.2) is 0 Å². The van der Waals surface area contributed by atoms with Crippen molar-refractivity contribution in [2.75, 3.05) is 13.2 Å². The maximum absolute atomic E-state index is 11.8. The third-order valence-electron chi connectivity index (χ3n) is 2.98. The van der Waals surface area contributed by atoms with Gasteiger partial charge in [-0.3, -0.25) is 9.78 Å². The van der Waals surface area contributed by atoms with E-state index in [0.717, 1.165) is 31.6 Å². The highest BCUT2D eigenvalue weighted by Crippen LogP contribution is 2.19. The van der Waals surface area contributed by atoms with Crippen LogP contribution < -0.4 is 0 Å². The van der Waals surface area contributed by atoms with Crippen molar-refractivity contribution in [3.8, 4) is 0 Å². The maximum Gasteiger partial charge on any atom is 0.137 e. The quantitative estimate of drug-likeness (QED) is 0.777. The number of carbonyl (C=O) groups excluding carboxylic acids is 1. The number of rotatable bonds is 4. The van der Waals surface area contributed by atoms with Gasteiger partial charge in [-0.05, 0) is 30.4 Å². The molecule has 86 valence electrons. The van der Waals surface area contributed by atoms with Gasteiger partial charge in [0.2, 0.25) is 0 Å². The summed E-state index contributed by atoms with van der Waals surface area (Å²) >= 11 is 0. The molecule has 1 aromatic heterocycles. The molecule has 2 rings (SSSR count). The molecule has 0 aromatic carbocycles. The molecule has 0 spiro atoms. The fourth-order valence-corrected chi connectivity index (χ4v) is 2.08. The summed E-state index contributed by atoms with van der Waals surface area (Å²) < 4.78 is 5.28. The molecule has 0 N–H and O–H groups in total. The second-order valence-electron chi connectivity index (χ2n) is 4.34. The molecule has 0 saturated carbocycles. The Balaban J connectivity index is 1.80. The monoisotopic (exact) mass is 219 g/mol. The van der Waals surface area contributed by atoms with E-state index in [4.69, 9.17) is 4.74 Å². The molecule has 0 aliphatic carbocycles. The van der Waals surface area contributed by atoms with Crippen molar-refractivity contribution in [2.24, 2.45) is 5.92 Å². The molecule has 1 aromatic rings. The minimum atomic E-state index is 0.319. The van der Waals surface area contributed by atoms with E-state index in [1.807, 2.05) is 12.1 Å². The molecule has 2 heterocycles. The first-order valence-corrected chi connectivity index (χ1v) is 5.83. The number of ether oxygens (including phenoxy) is 1. The van der Waals surface area contributed by atoms with Gasteiger partial charge in [-0.2, -0.15) is 0 Å². The normalized spacial score (nSPS) is 17.2. The Labute approximate surface area is 95.8 Å². The van der Waals surface area contributed by atoms with Crippen LogP contribution in [-0.2, 0) is 16.0 Å². The minimum Gasteiger partial charge on any atom is -0.381 e. The fourth-order valence-electron chi connectivity index (χ4n) is 2.08. The summed E-state index contributed by atoms with van der Waals surface area (Å²) in [6.45, 7) is 1.62. The van der Waals surface area contributed by atoms with Gasteiger partial charge in [-0.15, -0.1) is 0 Å². The van der Waals surface area contributed by atoms with E-state index >= 15 is 0 Å². The Morgan fingerprint density at radius 1 is 1.44 bits per heavy atom. The third-order valence-corrected chi connectivity index (χ3v) is 2.98. The van der Waals surface area contributed by atoms with Crippen LogP contribution in [0.1, 0.15) is 24.8 Å². The van der Waals surface area contributed by atoms with Crippen LogP contribution in [0.3, 0.4) is 0 Å². The predicted molar refractivity (Wildman–Crippen MR) is 61.1 cm³/mol. The lowest BCUT2D eigenvalue weighted by molar-refractivity contribution is -0.120. The average Bonchev–Trinajstić information content (AvgIpc) is 2.31. The third kappa shape index (κ3) is 3.42. The molecular formula is C13H17NO2. The van der Waals surface area contributed by atoms with Crippen LogP contribution in [0.15, 0.2) is 24.5 Å². The van der Waals surface area contributed by atoms with E-state index in [0.29, 0.717) is 24.5 Å². The lowest BCUT2D eigenvalue weighted by Crippen LogP contribution is -2.19. The van der Waals surface area contributed by atoms with Crippen molar-refractivity contribution in [3.63, 3.8) is 0 Å². The number of nitrogens with zero attached hydrogens (tertiary/aromatic N) is 1. The van der Waals surface area contributed by atoms with Crippen LogP contribution in [0.25, 0.3) is 0 Å². The van der Waals surface area contributed by atoms with Crippen molar-refractivity contribution < 1.29 is 9.53 Å². The number of aromatic nitrogens is 1. The molecule has 1 aliphatic heterocycles. The number of Topliss-reactive ketones (excluding diaryl/α,β-unsaturated/α-hetero) is 1. The van der Waals surface area contributed by atoms with E-state index in [-0.39, 0.29) is 0 Å². The van der Waals surface area contributed by atoms with Crippen LogP contribution in [0.2, 0.25) is 0 Å². The van der Waals surface area contributed by atoms with Crippen LogP contribution in [0, 0.1) is 5.92 Å². The summed E-state index contributed by atoms with van der Waals surface area (Å²) in [4.78, 5) is 15.8. The summed E-state index contributed by atoms with van der Waals surface area (Å²) in [6.07, 6.45) is 6.76. The van der Waals surface area contributed by atoms with Gasteiger partial charge in [-0.1, -0.05) is 6.07 Å². The highest BCUT2D eigenvalue weighted by Gasteiger charge is 2.17. The van der Waals surface area contributed by atoms with Crippen molar-refractivity contribution in [2.45, 2.75) is 25.7 Å². The molecule has 0 radical (unpaired) electrons. The Morgan fingerprint density at radius 3 is 2.94 bits per heavy atom.